The van der Waals surface area contributed by atoms with Gasteiger partial charge in [-0.25, -0.2) is 24.7 Å². The highest BCUT2D eigenvalue weighted by Crippen LogP contribution is 2.58. The van der Waals surface area contributed by atoms with E-state index in [-0.39, 0.29) is 79.8 Å². The third kappa shape index (κ3) is 13.6. The molecule has 2 aliphatic carbocycles. The number of thiazole rings is 2. The first-order valence-electron chi connectivity index (χ1n) is 30.0. The second kappa shape index (κ2) is 26.2. The second-order valence-corrected chi connectivity index (χ2v) is 26.5. The zero-order valence-corrected chi connectivity index (χ0v) is 54.0. The molecule has 4 aromatic heterocycles. The molecule has 1 amide bonds. The Morgan fingerprint density at radius 1 is 0.690 bits per heavy atom. The molecule has 0 bridgehead atoms. The van der Waals surface area contributed by atoms with Crippen molar-refractivity contribution in [3.63, 3.8) is 0 Å². The molecular formula is C67H82N6O12S2. The lowest BCUT2D eigenvalue weighted by atomic mass is 9.92. The fourth-order valence-electron chi connectivity index (χ4n) is 11.8. The van der Waals surface area contributed by atoms with Crippen molar-refractivity contribution in [1.82, 2.24) is 30.2 Å². The fourth-order valence-corrected chi connectivity index (χ4v) is 13.7. The Morgan fingerprint density at radius 3 is 1.57 bits per heavy atom. The van der Waals surface area contributed by atoms with Crippen molar-refractivity contribution in [3.8, 4) is 44.4 Å². The molecule has 20 heteroatoms. The topological polar surface area (TPSA) is 217 Å². The van der Waals surface area contributed by atoms with Gasteiger partial charge in [0.15, 0.2) is 11.6 Å². The zero-order chi connectivity index (χ0) is 62.9. The van der Waals surface area contributed by atoms with Crippen LogP contribution in [0, 0.1) is 36.5 Å². The lowest BCUT2D eigenvalue weighted by Crippen LogP contribution is -2.44. The zero-order valence-electron chi connectivity index (χ0n) is 52.3. The highest BCUT2D eigenvalue weighted by molar-refractivity contribution is 7.13. The van der Waals surface area contributed by atoms with Gasteiger partial charge < -0.3 is 38.5 Å². The Labute approximate surface area is 517 Å². The van der Waals surface area contributed by atoms with Gasteiger partial charge in [-0.15, -0.1) is 35.8 Å². The number of amides is 1. The van der Waals surface area contributed by atoms with Crippen LogP contribution in [-0.2, 0) is 33.4 Å². The SMILES string of the molecule is C=C[C@@H]1C[C@]1(CC(=O)[C@@H]1C[C@@H](Oc2cc(-c3nc(C(C)C)cs3)nc3c(C)c(OC)ccc23)CN1)C(=O)OCC.C=C[C@@H]1C[C@]1(CC(=O)[C@@H]1C[C@@H](Oc2cc(-c3nc(C(C)C)cs3)nc3c(C)c(OC)ccc23)CN1C(=O)OC(C)(C)C)C(=O)OCC. The Hall–Kier alpha value is -7.29. The minimum atomic E-state index is -0.956. The number of pyridine rings is 2. The molecule has 10 rings (SSSR count). The number of aromatic nitrogens is 4. The third-order valence-corrected chi connectivity index (χ3v) is 18.7. The Bertz CT molecular complexity index is 3610. The van der Waals surface area contributed by atoms with Crippen molar-refractivity contribution in [3.05, 3.63) is 95.0 Å². The number of methoxy groups -OCH3 is 2. The maximum Gasteiger partial charge on any atom is 0.411 e. The van der Waals surface area contributed by atoms with E-state index in [0.717, 1.165) is 60.3 Å². The number of aryl methyl sites for hydroxylation is 2. The van der Waals surface area contributed by atoms with Crippen LogP contribution in [0.4, 0.5) is 4.79 Å². The predicted molar refractivity (Wildman–Crippen MR) is 337 cm³/mol. The number of ether oxygens (including phenoxy) is 7. The normalized spacial score (nSPS) is 23.0. The molecule has 0 spiro atoms. The summed E-state index contributed by atoms with van der Waals surface area (Å²) < 4.78 is 40.8. The summed E-state index contributed by atoms with van der Waals surface area (Å²) in [7, 11) is 3.27. The van der Waals surface area contributed by atoms with Crippen molar-refractivity contribution in [2.24, 2.45) is 22.7 Å². The van der Waals surface area contributed by atoms with E-state index in [1.54, 1.807) is 72.3 Å². The first kappa shape index (κ1) is 64.2. The van der Waals surface area contributed by atoms with Gasteiger partial charge in [-0.1, -0.05) is 39.8 Å². The minimum Gasteiger partial charge on any atom is -0.496 e. The number of hydrogen-bond acceptors (Lipinski definition) is 19. The van der Waals surface area contributed by atoms with Crippen LogP contribution in [0.5, 0.6) is 23.0 Å². The van der Waals surface area contributed by atoms with Crippen LogP contribution in [0.1, 0.15) is 135 Å². The Balaban J connectivity index is 0.000000210. The van der Waals surface area contributed by atoms with Crippen LogP contribution in [0.25, 0.3) is 43.2 Å². The molecule has 0 unspecified atom stereocenters. The molecule has 464 valence electrons. The van der Waals surface area contributed by atoms with Crippen molar-refractivity contribution < 1.29 is 57.1 Å². The van der Waals surface area contributed by atoms with Crippen LogP contribution in [0.2, 0.25) is 0 Å². The van der Waals surface area contributed by atoms with Gasteiger partial charge in [0.05, 0.1) is 79.3 Å². The molecule has 2 saturated heterocycles. The second-order valence-electron chi connectivity index (χ2n) is 24.7. The lowest BCUT2D eigenvalue weighted by Gasteiger charge is -2.28. The fraction of sp³-hybridized carbons (Fsp3) is 0.507. The monoisotopic (exact) mass is 1230 g/mol. The number of carbonyl (C=O) groups excluding carboxylic acids is 5. The molecule has 2 aliphatic heterocycles. The molecular weight excluding hydrogens is 1140 g/mol. The summed E-state index contributed by atoms with van der Waals surface area (Å²) in [6.45, 7) is 30.1. The first-order chi connectivity index (χ1) is 41.4. The molecule has 8 atom stereocenters. The quantitative estimate of drug-likeness (QED) is 0.0380. The van der Waals surface area contributed by atoms with Crippen LogP contribution in [0.3, 0.4) is 0 Å². The molecule has 6 aromatic rings. The number of esters is 2. The van der Waals surface area contributed by atoms with E-state index in [1.807, 2.05) is 55.6 Å². The maximum atomic E-state index is 14.0. The molecule has 1 N–H and O–H groups in total. The Morgan fingerprint density at radius 2 is 1.16 bits per heavy atom. The average Bonchev–Trinajstić information content (AvgIpc) is 2.18. The highest BCUT2D eigenvalue weighted by Gasteiger charge is 2.62. The molecule has 2 aromatic carbocycles. The van der Waals surface area contributed by atoms with Crippen LogP contribution in [-0.4, -0.2) is 125 Å². The number of hydrogen-bond donors (Lipinski definition) is 1. The van der Waals surface area contributed by atoms with Gasteiger partial charge in [-0.3, -0.25) is 24.1 Å². The van der Waals surface area contributed by atoms with Gasteiger partial charge in [0.1, 0.15) is 62.2 Å². The number of fused-ring (bicyclic) bond motifs is 2. The highest BCUT2D eigenvalue weighted by atomic mass is 32.1. The van der Waals surface area contributed by atoms with E-state index in [0.29, 0.717) is 66.8 Å². The van der Waals surface area contributed by atoms with E-state index in [4.69, 9.17) is 53.1 Å². The van der Waals surface area contributed by atoms with Gasteiger partial charge in [-0.2, -0.15) is 0 Å². The number of allylic oxidation sites excluding steroid dienone is 2. The third-order valence-electron chi connectivity index (χ3n) is 16.9. The number of nitrogens with zero attached hydrogens (tertiary/aromatic N) is 5. The predicted octanol–water partition coefficient (Wildman–Crippen LogP) is 12.9. The summed E-state index contributed by atoms with van der Waals surface area (Å²) in [6.07, 6.45) is 4.05. The maximum absolute atomic E-state index is 14.0. The van der Waals surface area contributed by atoms with Crippen molar-refractivity contribution >= 4 is 74.1 Å². The summed E-state index contributed by atoms with van der Waals surface area (Å²) in [5, 5.41) is 10.7. The number of ketones is 2. The molecule has 0 radical (unpaired) electrons. The largest absolute Gasteiger partial charge is 0.496 e. The first-order valence-corrected chi connectivity index (χ1v) is 31.8. The molecule has 2 saturated carbocycles. The van der Waals surface area contributed by atoms with Crippen molar-refractivity contribution in [2.45, 2.75) is 156 Å². The van der Waals surface area contributed by atoms with E-state index >= 15 is 0 Å². The number of carbonyl (C=O) groups is 5. The molecule has 4 aliphatic rings. The van der Waals surface area contributed by atoms with Crippen LogP contribution in [0.15, 0.2) is 72.5 Å². The van der Waals surface area contributed by atoms with E-state index < -0.39 is 40.6 Å². The number of likely N-dealkylation sites (tertiary alicyclic amines) is 1. The van der Waals surface area contributed by atoms with E-state index in [1.165, 1.54) is 16.2 Å². The number of Topliss-reactive ketones (excluding diaryl/α,β-unsaturated/α-hetero) is 2. The number of benzene rings is 2. The van der Waals surface area contributed by atoms with Gasteiger partial charge in [-0.05, 0) is 109 Å². The van der Waals surface area contributed by atoms with Gasteiger partial charge >= 0.3 is 18.0 Å². The van der Waals surface area contributed by atoms with Crippen LogP contribution >= 0.6 is 22.7 Å². The lowest BCUT2D eigenvalue weighted by molar-refractivity contribution is -0.152. The smallest absolute Gasteiger partial charge is 0.411 e. The number of rotatable bonds is 22. The molecule has 6 heterocycles. The Kier molecular flexibility index (Phi) is 19.3. The van der Waals surface area contributed by atoms with Crippen molar-refractivity contribution in [2.75, 3.05) is 40.5 Å². The standard InChI is InChI=1S/C36H45N3O7S.C31H37N3O5S/c1-10-22-16-36(22,33(41)44-11-2)17-28(40)27-14-23(18-39(27)34(42)46-35(6,7)8)45-30-15-25(32-38-26(19-47-32)20(3)4)37-31-21(5)29(43-9)13-12-24(30)31;1-7-19-13-31(19,30(36)38-8-2)14-25(35)22-11-20(15-32-22)39-27-12-23(29-34-24(16-40-29)17(3)4)33-28-18(5)26(37-6)10-9-21(27)28/h10,12-13,15,19-20,22-23,27H,1,11,14,16-18H2,2-9H3;7,9-10,12,16-17,19-20,22,32H,1,8,11,13-15H2,2-6H3/t22-,23-,27+,36-;19-,20-,22+,31-/m11/s1. The van der Waals surface area contributed by atoms with Gasteiger partial charge in [0.25, 0.3) is 0 Å². The van der Waals surface area contributed by atoms with Gasteiger partial charge in [0.2, 0.25) is 0 Å². The van der Waals surface area contributed by atoms with E-state index in [9.17, 15) is 24.0 Å². The number of nitrogens with one attached hydrogen (secondary N) is 1. The molecule has 4 fully saturated rings. The summed E-state index contributed by atoms with van der Waals surface area (Å²) in [6, 6.07) is 10.3. The average molecular weight is 1230 g/mol. The molecule has 87 heavy (non-hydrogen) atoms. The molecule has 18 nitrogen and oxygen atoms in total. The van der Waals surface area contributed by atoms with Crippen molar-refractivity contribution in [1.29, 1.82) is 0 Å². The van der Waals surface area contributed by atoms with Crippen LogP contribution < -0.4 is 24.3 Å². The summed E-state index contributed by atoms with van der Waals surface area (Å²) in [4.78, 5) is 87.4. The minimum absolute atomic E-state index is 0.00774. The van der Waals surface area contributed by atoms with E-state index in [2.05, 4.69) is 51.5 Å². The summed E-state index contributed by atoms with van der Waals surface area (Å²) >= 11 is 3.09. The summed E-state index contributed by atoms with van der Waals surface area (Å²) in [5.41, 5.74) is 4.22. The summed E-state index contributed by atoms with van der Waals surface area (Å²) in [5.74, 6) is 2.20. The van der Waals surface area contributed by atoms with Gasteiger partial charge in [0, 0.05) is 77.0 Å².